The fourth-order valence-electron chi connectivity index (χ4n) is 4.12. The Labute approximate surface area is 226 Å². The first kappa shape index (κ1) is 30.7. The second-order valence-electron chi connectivity index (χ2n) is 10.4. The Morgan fingerprint density at radius 2 is 1.61 bits per heavy atom. The number of alkyl carbamates (subject to hydrolysis) is 1. The van der Waals surface area contributed by atoms with Crippen molar-refractivity contribution in [2.45, 2.75) is 84.4 Å². The Kier molecular flexibility index (Phi) is 12.1. The van der Waals surface area contributed by atoms with Gasteiger partial charge in [0.15, 0.2) is 0 Å². The van der Waals surface area contributed by atoms with E-state index in [4.69, 9.17) is 4.74 Å². The van der Waals surface area contributed by atoms with Gasteiger partial charge in [-0.25, -0.2) is 4.79 Å². The predicted molar refractivity (Wildman–Crippen MR) is 149 cm³/mol. The van der Waals surface area contributed by atoms with Gasteiger partial charge in [0.25, 0.3) is 0 Å². The van der Waals surface area contributed by atoms with Gasteiger partial charge in [-0.1, -0.05) is 69.2 Å². The molecule has 2 unspecified atom stereocenters. The molecule has 38 heavy (non-hydrogen) atoms. The van der Waals surface area contributed by atoms with E-state index in [1.54, 1.807) is 37.8 Å². The number of ether oxygens (including phenoxy) is 1. The summed E-state index contributed by atoms with van der Waals surface area (Å²) in [7, 11) is 0. The molecular weight excluding hydrogens is 482 g/mol. The molecule has 0 aliphatic rings. The minimum absolute atomic E-state index is 0.105. The number of rotatable bonds is 13. The molecule has 0 bridgehead atoms. The second kappa shape index (κ2) is 15.0. The molecule has 0 radical (unpaired) electrons. The summed E-state index contributed by atoms with van der Waals surface area (Å²) in [6, 6.07) is 13.8. The van der Waals surface area contributed by atoms with Crippen LogP contribution in [0, 0.1) is 0 Å². The molecule has 8 heteroatoms. The van der Waals surface area contributed by atoms with Crippen LogP contribution in [0.25, 0.3) is 0 Å². The number of aromatic hydroxyl groups is 1. The summed E-state index contributed by atoms with van der Waals surface area (Å²) in [5, 5.41) is 15.4. The van der Waals surface area contributed by atoms with Gasteiger partial charge in [0.2, 0.25) is 11.8 Å². The number of hydrogen-bond donors (Lipinski definition) is 3. The molecular formula is C30H43N3O5. The van der Waals surface area contributed by atoms with E-state index < -0.39 is 23.8 Å². The maximum Gasteiger partial charge on any atom is 0.408 e. The number of amides is 3. The van der Waals surface area contributed by atoms with Crippen molar-refractivity contribution in [3.8, 4) is 5.75 Å². The van der Waals surface area contributed by atoms with E-state index in [1.807, 2.05) is 37.3 Å². The highest BCUT2D eigenvalue weighted by atomic mass is 16.6. The number of hydrogen-bond acceptors (Lipinski definition) is 5. The van der Waals surface area contributed by atoms with Gasteiger partial charge in [0, 0.05) is 19.5 Å². The van der Waals surface area contributed by atoms with Gasteiger partial charge in [0.05, 0.1) is 0 Å². The molecule has 2 rings (SSSR count). The molecule has 0 spiro atoms. The van der Waals surface area contributed by atoms with Crippen molar-refractivity contribution in [2.24, 2.45) is 0 Å². The molecule has 3 amide bonds. The first-order valence-electron chi connectivity index (χ1n) is 13.5. The minimum Gasteiger partial charge on any atom is -0.508 e. The molecule has 0 saturated carbocycles. The van der Waals surface area contributed by atoms with Crippen molar-refractivity contribution < 1.29 is 24.2 Å². The minimum atomic E-state index is -0.986. The number of nitrogens with zero attached hydrogens (tertiary/aromatic N) is 1. The van der Waals surface area contributed by atoms with Gasteiger partial charge in [0.1, 0.15) is 23.4 Å². The van der Waals surface area contributed by atoms with Crippen molar-refractivity contribution in [3.63, 3.8) is 0 Å². The molecule has 0 aliphatic carbocycles. The summed E-state index contributed by atoms with van der Waals surface area (Å²) in [5.41, 5.74) is 0.696. The van der Waals surface area contributed by atoms with Gasteiger partial charge in [-0.3, -0.25) is 9.59 Å². The van der Waals surface area contributed by atoms with E-state index in [9.17, 15) is 19.5 Å². The van der Waals surface area contributed by atoms with Crippen LogP contribution in [-0.2, 0) is 20.7 Å². The van der Waals surface area contributed by atoms with Gasteiger partial charge >= 0.3 is 6.09 Å². The third-order valence-corrected chi connectivity index (χ3v) is 5.87. The van der Waals surface area contributed by atoms with Crippen molar-refractivity contribution in [1.29, 1.82) is 0 Å². The van der Waals surface area contributed by atoms with Crippen LogP contribution in [0.5, 0.6) is 5.75 Å². The summed E-state index contributed by atoms with van der Waals surface area (Å²) in [6.45, 7) is 10.1. The molecule has 2 aromatic carbocycles. The number of benzene rings is 2. The molecule has 0 aromatic heterocycles. The monoisotopic (exact) mass is 525 g/mol. The standard InChI is InChI=1S/C30H43N3O5/c1-6-8-12-19-31-27(35)26(23-13-10-9-11-14-23)33(20-7-2)28(36)25(32-29(37)38-30(3,4)5)21-22-15-17-24(34)18-16-22/h9-11,13-18,25-26,34H,6-8,12,19-21H2,1-5H3,(H,31,35)(H,32,37). The lowest BCUT2D eigenvalue weighted by Crippen LogP contribution is -2.54. The number of nitrogens with one attached hydrogen (secondary N) is 2. The Morgan fingerprint density at radius 1 is 0.947 bits per heavy atom. The van der Waals surface area contributed by atoms with E-state index in [2.05, 4.69) is 17.6 Å². The van der Waals surface area contributed by atoms with Crippen LogP contribution in [0.15, 0.2) is 54.6 Å². The lowest BCUT2D eigenvalue weighted by molar-refractivity contribution is -0.142. The van der Waals surface area contributed by atoms with Gasteiger partial charge < -0.3 is 25.4 Å². The average molecular weight is 526 g/mol. The highest BCUT2D eigenvalue weighted by Crippen LogP contribution is 2.24. The first-order chi connectivity index (χ1) is 18.1. The predicted octanol–water partition coefficient (Wildman–Crippen LogP) is 5.11. The second-order valence-corrected chi connectivity index (χ2v) is 10.4. The molecule has 3 N–H and O–H groups in total. The smallest absolute Gasteiger partial charge is 0.408 e. The number of carbonyl (C=O) groups is 3. The van der Waals surface area contributed by atoms with Crippen molar-refractivity contribution in [3.05, 3.63) is 65.7 Å². The van der Waals surface area contributed by atoms with Gasteiger partial charge in [-0.05, 0) is 56.9 Å². The molecule has 8 nitrogen and oxygen atoms in total. The van der Waals surface area contributed by atoms with Crippen LogP contribution in [0.2, 0.25) is 0 Å². The zero-order chi connectivity index (χ0) is 28.1. The third kappa shape index (κ3) is 10.1. The Bertz CT molecular complexity index is 1020. The zero-order valence-corrected chi connectivity index (χ0v) is 23.3. The summed E-state index contributed by atoms with van der Waals surface area (Å²) < 4.78 is 5.44. The molecule has 208 valence electrons. The summed E-state index contributed by atoms with van der Waals surface area (Å²) in [4.78, 5) is 41.9. The fraction of sp³-hybridized carbons (Fsp3) is 0.500. The van der Waals surface area contributed by atoms with Crippen LogP contribution < -0.4 is 10.6 Å². The third-order valence-electron chi connectivity index (χ3n) is 5.87. The Hall–Kier alpha value is -3.55. The average Bonchev–Trinajstić information content (AvgIpc) is 2.86. The molecule has 0 heterocycles. The Morgan fingerprint density at radius 3 is 2.18 bits per heavy atom. The van der Waals surface area contributed by atoms with E-state index in [0.717, 1.165) is 24.8 Å². The Balaban J connectivity index is 2.43. The lowest BCUT2D eigenvalue weighted by Gasteiger charge is -2.34. The quantitative estimate of drug-likeness (QED) is 0.315. The van der Waals surface area contributed by atoms with E-state index >= 15 is 0 Å². The molecule has 2 aromatic rings. The highest BCUT2D eigenvalue weighted by molar-refractivity contribution is 5.92. The molecule has 0 saturated heterocycles. The maximum atomic E-state index is 14.1. The number of phenolic OH excluding ortho intramolecular Hbond substituents is 1. The molecule has 0 aliphatic heterocycles. The fourth-order valence-corrected chi connectivity index (χ4v) is 4.12. The number of unbranched alkanes of at least 4 members (excludes halogenated alkanes) is 2. The SMILES string of the molecule is CCCCCNC(=O)C(c1ccccc1)N(CCC)C(=O)C(Cc1ccc(O)cc1)NC(=O)OC(C)(C)C. The largest absolute Gasteiger partial charge is 0.508 e. The zero-order valence-electron chi connectivity index (χ0n) is 23.3. The van der Waals surface area contributed by atoms with Crippen molar-refractivity contribution in [1.82, 2.24) is 15.5 Å². The number of carbonyl (C=O) groups excluding carboxylic acids is 3. The van der Waals surface area contributed by atoms with Crippen LogP contribution in [0.1, 0.15) is 77.5 Å². The summed E-state index contributed by atoms with van der Waals surface area (Å²) >= 11 is 0. The van der Waals surface area contributed by atoms with Crippen LogP contribution >= 0.6 is 0 Å². The number of phenols is 1. The first-order valence-corrected chi connectivity index (χ1v) is 13.5. The van der Waals surface area contributed by atoms with E-state index in [0.29, 0.717) is 25.1 Å². The maximum absolute atomic E-state index is 14.1. The lowest BCUT2D eigenvalue weighted by atomic mass is 10.00. The van der Waals surface area contributed by atoms with E-state index in [-0.39, 0.29) is 24.0 Å². The normalized spacial score (nSPS) is 12.8. The van der Waals surface area contributed by atoms with Crippen LogP contribution in [0.3, 0.4) is 0 Å². The van der Waals surface area contributed by atoms with Gasteiger partial charge in [-0.15, -0.1) is 0 Å². The van der Waals surface area contributed by atoms with Gasteiger partial charge in [-0.2, -0.15) is 0 Å². The highest BCUT2D eigenvalue weighted by Gasteiger charge is 2.35. The van der Waals surface area contributed by atoms with Crippen LogP contribution in [-0.4, -0.2) is 52.6 Å². The molecule has 2 atom stereocenters. The van der Waals surface area contributed by atoms with Crippen LogP contribution in [0.4, 0.5) is 4.79 Å². The summed E-state index contributed by atoms with van der Waals surface area (Å²) in [5.74, 6) is -0.536. The van der Waals surface area contributed by atoms with Crippen molar-refractivity contribution in [2.75, 3.05) is 13.1 Å². The molecule has 0 fully saturated rings. The van der Waals surface area contributed by atoms with E-state index in [1.165, 1.54) is 12.1 Å². The topological polar surface area (TPSA) is 108 Å². The van der Waals surface area contributed by atoms with Crippen molar-refractivity contribution >= 4 is 17.9 Å². The summed E-state index contributed by atoms with van der Waals surface area (Å²) in [6.07, 6.45) is 2.96.